The average Bonchev–Trinajstić information content (AvgIpc) is 2.53. The molecule has 1 amide bonds. The molecule has 2 aliphatic heterocycles. The SMILES string of the molecule is COc1cc(C(=O)NC2CCN(C3COC3)CC2)ccc1C(C)(C)C. The molecule has 2 heterocycles. The summed E-state index contributed by atoms with van der Waals surface area (Å²) in [5.41, 5.74) is 1.76. The lowest BCUT2D eigenvalue weighted by Crippen LogP contribution is -2.54. The second kappa shape index (κ2) is 7.34. The Bertz CT molecular complexity index is 612. The van der Waals surface area contributed by atoms with Crippen LogP contribution in [-0.4, -0.2) is 56.3 Å². The third kappa shape index (κ3) is 4.15. The fourth-order valence-electron chi connectivity index (χ4n) is 3.56. The Labute approximate surface area is 150 Å². The Morgan fingerprint density at radius 3 is 2.44 bits per heavy atom. The third-order valence-electron chi connectivity index (χ3n) is 5.27. The zero-order valence-electron chi connectivity index (χ0n) is 15.8. The lowest BCUT2D eigenvalue weighted by atomic mass is 9.85. The molecule has 138 valence electrons. The number of benzene rings is 1. The van der Waals surface area contributed by atoms with Gasteiger partial charge in [-0.3, -0.25) is 9.69 Å². The van der Waals surface area contributed by atoms with Crippen molar-refractivity contribution in [3.8, 4) is 5.75 Å². The maximum absolute atomic E-state index is 12.6. The summed E-state index contributed by atoms with van der Waals surface area (Å²) in [4.78, 5) is 15.1. The third-order valence-corrected chi connectivity index (χ3v) is 5.27. The quantitative estimate of drug-likeness (QED) is 0.910. The van der Waals surface area contributed by atoms with Crippen LogP contribution in [0.5, 0.6) is 5.75 Å². The lowest BCUT2D eigenvalue weighted by molar-refractivity contribution is -0.0716. The number of hydrogen-bond donors (Lipinski definition) is 1. The fraction of sp³-hybridized carbons (Fsp3) is 0.650. The minimum atomic E-state index is -0.0155. The van der Waals surface area contributed by atoms with Crippen molar-refractivity contribution in [2.24, 2.45) is 0 Å². The predicted octanol–water partition coefficient (Wildman–Crippen LogP) is 2.59. The van der Waals surface area contributed by atoms with Crippen LogP contribution in [-0.2, 0) is 10.2 Å². The highest BCUT2D eigenvalue weighted by molar-refractivity contribution is 5.95. The molecule has 1 aromatic carbocycles. The minimum absolute atomic E-state index is 0.0100. The highest BCUT2D eigenvalue weighted by Crippen LogP contribution is 2.32. The van der Waals surface area contributed by atoms with Gasteiger partial charge in [-0.05, 0) is 36.0 Å². The van der Waals surface area contributed by atoms with Crippen LogP contribution in [0.2, 0.25) is 0 Å². The number of ether oxygens (including phenoxy) is 2. The molecule has 2 aliphatic rings. The van der Waals surface area contributed by atoms with Crippen molar-refractivity contribution in [1.29, 1.82) is 0 Å². The molecule has 0 saturated carbocycles. The number of nitrogens with one attached hydrogen (secondary N) is 1. The first-order valence-corrected chi connectivity index (χ1v) is 9.19. The van der Waals surface area contributed by atoms with Crippen molar-refractivity contribution < 1.29 is 14.3 Å². The number of amides is 1. The smallest absolute Gasteiger partial charge is 0.251 e. The molecule has 0 unspecified atom stereocenters. The monoisotopic (exact) mass is 346 g/mol. The molecule has 2 saturated heterocycles. The van der Waals surface area contributed by atoms with Gasteiger partial charge in [0.15, 0.2) is 0 Å². The lowest BCUT2D eigenvalue weighted by Gasteiger charge is -2.41. The first-order valence-electron chi connectivity index (χ1n) is 9.19. The van der Waals surface area contributed by atoms with Gasteiger partial charge in [-0.1, -0.05) is 26.8 Å². The predicted molar refractivity (Wildman–Crippen MR) is 98.4 cm³/mol. The van der Waals surface area contributed by atoms with Gasteiger partial charge in [-0.15, -0.1) is 0 Å². The van der Waals surface area contributed by atoms with Gasteiger partial charge in [0, 0.05) is 24.7 Å². The molecule has 3 rings (SSSR count). The van der Waals surface area contributed by atoms with E-state index in [9.17, 15) is 4.79 Å². The van der Waals surface area contributed by atoms with E-state index >= 15 is 0 Å². The van der Waals surface area contributed by atoms with Crippen LogP contribution in [0, 0.1) is 0 Å². The number of hydrogen-bond acceptors (Lipinski definition) is 4. The summed E-state index contributed by atoms with van der Waals surface area (Å²) in [6, 6.07) is 6.60. The van der Waals surface area contributed by atoms with E-state index in [0.29, 0.717) is 11.6 Å². The van der Waals surface area contributed by atoms with Crippen molar-refractivity contribution >= 4 is 5.91 Å². The van der Waals surface area contributed by atoms with Gasteiger partial charge in [-0.25, -0.2) is 0 Å². The highest BCUT2D eigenvalue weighted by Gasteiger charge is 2.30. The van der Waals surface area contributed by atoms with Crippen LogP contribution in [0.15, 0.2) is 18.2 Å². The summed E-state index contributed by atoms with van der Waals surface area (Å²) in [7, 11) is 1.66. The zero-order valence-corrected chi connectivity index (χ0v) is 15.8. The largest absolute Gasteiger partial charge is 0.496 e. The molecule has 1 aromatic rings. The van der Waals surface area contributed by atoms with Crippen LogP contribution < -0.4 is 10.1 Å². The molecule has 0 atom stereocenters. The molecule has 0 aromatic heterocycles. The molecule has 25 heavy (non-hydrogen) atoms. The van der Waals surface area contributed by atoms with E-state index in [1.165, 1.54) is 0 Å². The molecule has 2 fully saturated rings. The number of rotatable bonds is 4. The Morgan fingerprint density at radius 2 is 1.92 bits per heavy atom. The van der Waals surface area contributed by atoms with Crippen molar-refractivity contribution in [2.45, 2.75) is 51.1 Å². The fourth-order valence-corrected chi connectivity index (χ4v) is 3.56. The average molecular weight is 346 g/mol. The normalized spacial score (nSPS) is 20.2. The standard InChI is InChI=1S/C20H30N2O3/c1-20(2,3)17-6-5-14(11-18(17)24-4)19(23)21-15-7-9-22(10-8-15)16-12-25-13-16/h5-6,11,15-16H,7-10,12-13H2,1-4H3,(H,21,23). The van der Waals surface area contributed by atoms with Gasteiger partial charge in [0.05, 0.1) is 26.4 Å². The van der Waals surface area contributed by atoms with Gasteiger partial charge in [0.2, 0.25) is 0 Å². The topological polar surface area (TPSA) is 50.8 Å². The summed E-state index contributed by atoms with van der Waals surface area (Å²) in [5.74, 6) is 0.768. The van der Waals surface area contributed by atoms with Crippen molar-refractivity contribution in [3.05, 3.63) is 29.3 Å². The summed E-state index contributed by atoms with van der Waals surface area (Å²) >= 11 is 0. The van der Waals surface area contributed by atoms with Gasteiger partial charge in [-0.2, -0.15) is 0 Å². The molecule has 0 radical (unpaired) electrons. The van der Waals surface area contributed by atoms with E-state index in [4.69, 9.17) is 9.47 Å². The van der Waals surface area contributed by atoms with Crippen LogP contribution >= 0.6 is 0 Å². The van der Waals surface area contributed by atoms with Crippen LogP contribution in [0.1, 0.15) is 49.5 Å². The minimum Gasteiger partial charge on any atom is -0.496 e. The highest BCUT2D eigenvalue weighted by atomic mass is 16.5. The molecule has 0 aliphatic carbocycles. The zero-order chi connectivity index (χ0) is 18.0. The maximum Gasteiger partial charge on any atom is 0.251 e. The number of methoxy groups -OCH3 is 1. The van der Waals surface area contributed by atoms with Gasteiger partial charge < -0.3 is 14.8 Å². The molecule has 0 spiro atoms. The summed E-state index contributed by atoms with van der Waals surface area (Å²) in [6.45, 7) is 10.2. The van der Waals surface area contributed by atoms with E-state index in [1.54, 1.807) is 7.11 Å². The van der Waals surface area contributed by atoms with Crippen LogP contribution in [0.4, 0.5) is 0 Å². The summed E-state index contributed by atoms with van der Waals surface area (Å²) in [5, 5.41) is 3.19. The van der Waals surface area contributed by atoms with Crippen molar-refractivity contribution in [2.75, 3.05) is 33.4 Å². The number of carbonyl (C=O) groups is 1. The van der Waals surface area contributed by atoms with Crippen molar-refractivity contribution in [3.63, 3.8) is 0 Å². The molecular formula is C20H30N2O3. The van der Waals surface area contributed by atoms with E-state index in [-0.39, 0.29) is 17.4 Å². The first-order chi connectivity index (χ1) is 11.9. The van der Waals surface area contributed by atoms with E-state index < -0.39 is 0 Å². The Kier molecular flexibility index (Phi) is 5.35. The maximum atomic E-state index is 12.6. The first kappa shape index (κ1) is 18.2. The number of piperidine rings is 1. The second-order valence-electron chi connectivity index (χ2n) is 8.14. The van der Waals surface area contributed by atoms with E-state index in [0.717, 1.165) is 50.5 Å². The number of likely N-dealkylation sites (tertiary alicyclic amines) is 1. The number of nitrogens with zero attached hydrogens (tertiary/aromatic N) is 1. The second-order valence-corrected chi connectivity index (χ2v) is 8.14. The van der Waals surface area contributed by atoms with Crippen LogP contribution in [0.3, 0.4) is 0 Å². The summed E-state index contributed by atoms with van der Waals surface area (Å²) in [6.07, 6.45) is 2.00. The van der Waals surface area contributed by atoms with Gasteiger partial charge in [0.1, 0.15) is 5.75 Å². The summed E-state index contributed by atoms with van der Waals surface area (Å²) < 4.78 is 10.8. The van der Waals surface area contributed by atoms with Gasteiger partial charge in [0.25, 0.3) is 5.91 Å². The molecule has 5 heteroatoms. The van der Waals surface area contributed by atoms with Crippen LogP contribution in [0.25, 0.3) is 0 Å². The molecule has 0 bridgehead atoms. The Morgan fingerprint density at radius 1 is 1.24 bits per heavy atom. The van der Waals surface area contributed by atoms with Gasteiger partial charge >= 0.3 is 0 Å². The van der Waals surface area contributed by atoms with E-state index in [1.807, 2.05) is 18.2 Å². The van der Waals surface area contributed by atoms with E-state index in [2.05, 4.69) is 31.0 Å². The molecule has 1 N–H and O–H groups in total. The number of carbonyl (C=O) groups excluding carboxylic acids is 1. The molecule has 5 nitrogen and oxygen atoms in total. The Balaban J connectivity index is 1.60. The van der Waals surface area contributed by atoms with Crippen molar-refractivity contribution in [1.82, 2.24) is 10.2 Å². The molecular weight excluding hydrogens is 316 g/mol. The Hall–Kier alpha value is -1.59.